The van der Waals surface area contributed by atoms with Gasteiger partial charge in [0.1, 0.15) is 0 Å². The normalized spacial score (nSPS) is 18.4. The maximum absolute atomic E-state index is 5.37. The van der Waals surface area contributed by atoms with Crippen molar-refractivity contribution in [3.8, 4) is 0 Å². The standard InChI is InChI=1S/C13H18O/c1-2-11-3-5-12(6-4-11)13-7-9-14-10-8-13/h3-6,13H,2,7-10H2,1H3. The lowest BCUT2D eigenvalue weighted by Gasteiger charge is -2.22. The van der Waals surface area contributed by atoms with Crippen LogP contribution in [0.4, 0.5) is 0 Å². The van der Waals surface area contributed by atoms with E-state index >= 15 is 0 Å². The molecule has 0 bridgehead atoms. The van der Waals surface area contributed by atoms with Crippen molar-refractivity contribution in [1.82, 2.24) is 0 Å². The SMILES string of the molecule is CCc1ccc(C2CCOCC2)cc1. The summed E-state index contributed by atoms with van der Waals surface area (Å²) in [7, 11) is 0. The van der Waals surface area contributed by atoms with Crippen molar-refractivity contribution in [3.05, 3.63) is 35.4 Å². The van der Waals surface area contributed by atoms with Gasteiger partial charge in [-0.25, -0.2) is 0 Å². The quantitative estimate of drug-likeness (QED) is 0.696. The number of benzene rings is 1. The van der Waals surface area contributed by atoms with Crippen LogP contribution in [0.2, 0.25) is 0 Å². The van der Waals surface area contributed by atoms with E-state index in [2.05, 4.69) is 31.2 Å². The van der Waals surface area contributed by atoms with Crippen LogP contribution in [0.1, 0.15) is 36.8 Å². The number of hydrogen-bond acceptors (Lipinski definition) is 1. The molecule has 0 radical (unpaired) electrons. The molecule has 1 heteroatoms. The molecule has 1 aromatic rings. The van der Waals surface area contributed by atoms with Crippen LogP contribution in [0, 0.1) is 0 Å². The maximum atomic E-state index is 5.37. The van der Waals surface area contributed by atoms with Crippen LogP contribution in [0.25, 0.3) is 0 Å². The lowest BCUT2D eigenvalue weighted by molar-refractivity contribution is 0.0853. The van der Waals surface area contributed by atoms with Crippen LogP contribution < -0.4 is 0 Å². The van der Waals surface area contributed by atoms with Gasteiger partial charge in [-0.2, -0.15) is 0 Å². The van der Waals surface area contributed by atoms with E-state index < -0.39 is 0 Å². The van der Waals surface area contributed by atoms with E-state index in [1.807, 2.05) is 0 Å². The second-order valence-corrected chi connectivity index (χ2v) is 3.98. The van der Waals surface area contributed by atoms with Crippen molar-refractivity contribution in [1.29, 1.82) is 0 Å². The fourth-order valence-corrected chi connectivity index (χ4v) is 2.06. The summed E-state index contributed by atoms with van der Waals surface area (Å²) in [6, 6.07) is 9.08. The Morgan fingerprint density at radius 3 is 2.36 bits per heavy atom. The minimum Gasteiger partial charge on any atom is -0.381 e. The first-order valence-electron chi connectivity index (χ1n) is 5.56. The maximum Gasteiger partial charge on any atom is 0.0471 e. The molecule has 1 nitrogen and oxygen atoms in total. The Morgan fingerprint density at radius 1 is 1.14 bits per heavy atom. The Bertz CT molecular complexity index is 270. The molecule has 1 saturated heterocycles. The lowest BCUT2D eigenvalue weighted by atomic mass is 9.91. The first kappa shape index (κ1) is 9.72. The average molecular weight is 190 g/mol. The van der Waals surface area contributed by atoms with Crippen molar-refractivity contribution in [3.63, 3.8) is 0 Å². The van der Waals surface area contributed by atoms with Crippen molar-refractivity contribution < 1.29 is 4.74 Å². The van der Waals surface area contributed by atoms with Crippen LogP contribution in [0.15, 0.2) is 24.3 Å². The molecule has 0 atom stereocenters. The third kappa shape index (κ3) is 2.16. The first-order valence-corrected chi connectivity index (χ1v) is 5.56. The average Bonchev–Trinajstić information content (AvgIpc) is 2.30. The van der Waals surface area contributed by atoms with E-state index in [1.165, 1.54) is 24.0 Å². The molecule has 1 heterocycles. The fraction of sp³-hybridized carbons (Fsp3) is 0.538. The summed E-state index contributed by atoms with van der Waals surface area (Å²) in [6.45, 7) is 4.06. The molecular formula is C13H18O. The molecule has 1 aromatic carbocycles. The highest BCUT2D eigenvalue weighted by Gasteiger charge is 2.15. The highest BCUT2D eigenvalue weighted by Crippen LogP contribution is 2.26. The summed E-state index contributed by atoms with van der Waals surface area (Å²) in [5.74, 6) is 0.731. The Morgan fingerprint density at radius 2 is 1.79 bits per heavy atom. The summed E-state index contributed by atoms with van der Waals surface area (Å²) in [5, 5.41) is 0. The van der Waals surface area contributed by atoms with Crippen molar-refractivity contribution in [2.45, 2.75) is 32.1 Å². The monoisotopic (exact) mass is 190 g/mol. The number of hydrogen-bond donors (Lipinski definition) is 0. The zero-order valence-corrected chi connectivity index (χ0v) is 8.83. The summed E-state index contributed by atoms with van der Waals surface area (Å²) in [4.78, 5) is 0. The Labute approximate surface area is 86.1 Å². The minimum absolute atomic E-state index is 0.731. The van der Waals surface area contributed by atoms with E-state index in [0.29, 0.717) is 0 Å². The Hall–Kier alpha value is -0.820. The molecule has 0 aromatic heterocycles. The van der Waals surface area contributed by atoms with Crippen LogP contribution in [0.3, 0.4) is 0 Å². The molecule has 0 N–H and O–H groups in total. The lowest BCUT2D eigenvalue weighted by Crippen LogP contribution is -2.13. The largest absolute Gasteiger partial charge is 0.381 e. The van der Waals surface area contributed by atoms with Gasteiger partial charge in [-0.1, -0.05) is 31.2 Å². The predicted octanol–water partition coefficient (Wildman–Crippen LogP) is 3.14. The first-order chi connectivity index (χ1) is 6.90. The summed E-state index contributed by atoms with van der Waals surface area (Å²) in [6.07, 6.45) is 3.50. The second kappa shape index (κ2) is 4.61. The molecule has 1 aliphatic heterocycles. The zero-order valence-electron chi connectivity index (χ0n) is 8.83. The molecule has 0 unspecified atom stereocenters. The molecule has 1 fully saturated rings. The molecule has 0 spiro atoms. The molecule has 2 rings (SSSR count). The van der Waals surface area contributed by atoms with Gasteiger partial charge >= 0.3 is 0 Å². The summed E-state index contributed by atoms with van der Waals surface area (Å²) < 4.78 is 5.37. The van der Waals surface area contributed by atoms with Crippen molar-refractivity contribution in [2.75, 3.05) is 13.2 Å². The zero-order chi connectivity index (χ0) is 9.80. The number of ether oxygens (including phenoxy) is 1. The molecule has 1 aliphatic rings. The highest BCUT2D eigenvalue weighted by atomic mass is 16.5. The van der Waals surface area contributed by atoms with Gasteiger partial charge in [0.15, 0.2) is 0 Å². The van der Waals surface area contributed by atoms with Gasteiger partial charge in [-0.15, -0.1) is 0 Å². The second-order valence-electron chi connectivity index (χ2n) is 3.98. The topological polar surface area (TPSA) is 9.23 Å². The van der Waals surface area contributed by atoms with E-state index in [-0.39, 0.29) is 0 Å². The van der Waals surface area contributed by atoms with Crippen LogP contribution in [-0.4, -0.2) is 13.2 Å². The van der Waals surface area contributed by atoms with Gasteiger partial charge < -0.3 is 4.74 Å². The van der Waals surface area contributed by atoms with Gasteiger partial charge in [-0.3, -0.25) is 0 Å². The minimum atomic E-state index is 0.731. The van der Waals surface area contributed by atoms with Gasteiger partial charge in [0.25, 0.3) is 0 Å². The van der Waals surface area contributed by atoms with E-state index in [4.69, 9.17) is 4.74 Å². The van der Waals surface area contributed by atoms with E-state index in [0.717, 1.165) is 25.6 Å². The smallest absolute Gasteiger partial charge is 0.0471 e. The molecular weight excluding hydrogens is 172 g/mol. The van der Waals surface area contributed by atoms with E-state index in [1.54, 1.807) is 0 Å². The molecule has 76 valence electrons. The Kier molecular flexibility index (Phi) is 3.20. The third-order valence-electron chi connectivity index (χ3n) is 3.08. The molecule has 0 saturated carbocycles. The van der Waals surface area contributed by atoms with Crippen molar-refractivity contribution in [2.24, 2.45) is 0 Å². The summed E-state index contributed by atoms with van der Waals surface area (Å²) >= 11 is 0. The van der Waals surface area contributed by atoms with Crippen LogP contribution >= 0.6 is 0 Å². The van der Waals surface area contributed by atoms with Crippen LogP contribution in [0.5, 0.6) is 0 Å². The van der Waals surface area contributed by atoms with Gasteiger partial charge in [0, 0.05) is 13.2 Å². The van der Waals surface area contributed by atoms with Gasteiger partial charge in [0.2, 0.25) is 0 Å². The Balaban J connectivity index is 2.07. The number of aryl methyl sites for hydroxylation is 1. The van der Waals surface area contributed by atoms with E-state index in [9.17, 15) is 0 Å². The predicted molar refractivity (Wildman–Crippen MR) is 58.6 cm³/mol. The highest BCUT2D eigenvalue weighted by molar-refractivity contribution is 5.25. The fourth-order valence-electron chi connectivity index (χ4n) is 2.06. The summed E-state index contributed by atoms with van der Waals surface area (Å²) in [5.41, 5.74) is 2.92. The molecule has 14 heavy (non-hydrogen) atoms. The van der Waals surface area contributed by atoms with Gasteiger partial charge in [-0.05, 0) is 36.3 Å². The van der Waals surface area contributed by atoms with Crippen LogP contribution in [-0.2, 0) is 11.2 Å². The number of rotatable bonds is 2. The third-order valence-corrected chi connectivity index (χ3v) is 3.08. The van der Waals surface area contributed by atoms with Gasteiger partial charge in [0.05, 0.1) is 0 Å². The molecule has 0 amide bonds. The molecule has 0 aliphatic carbocycles. The van der Waals surface area contributed by atoms with Crippen molar-refractivity contribution >= 4 is 0 Å².